The van der Waals surface area contributed by atoms with E-state index in [0.717, 1.165) is 32.2 Å². The van der Waals surface area contributed by atoms with Crippen molar-refractivity contribution in [2.45, 2.75) is 57.8 Å². The van der Waals surface area contributed by atoms with Gasteiger partial charge in [0.2, 0.25) is 0 Å². The van der Waals surface area contributed by atoms with Crippen molar-refractivity contribution in [3.63, 3.8) is 0 Å². The lowest BCUT2D eigenvalue weighted by Crippen LogP contribution is -2.41. The fraction of sp³-hybridized carbons (Fsp3) is 1.00. The molecule has 102 valence electrons. The molecule has 0 heterocycles. The molecule has 0 radical (unpaired) electrons. The molecule has 2 unspecified atom stereocenters. The van der Waals surface area contributed by atoms with Gasteiger partial charge >= 0.3 is 6.18 Å². The Bertz CT molecular complexity index is 218. The summed E-state index contributed by atoms with van der Waals surface area (Å²) in [6.45, 7) is 4.57. The Morgan fingerprint density at radius 1 is 1.24 bits per heavy atom. The molecule has 1 saturated carbocycles. The highest BCUT2D eigenvalue weighted by Crippen LogP contribution is 2.27. The first-order chi connectivity index (χ1) is 7.96. The number of rotatable bonds is 6. The van der Waals surface area contributed by atoms with Crippen LogP contribution in [0.15, 0.2) is 0 Å². The number of nitrogens with one attached hydrogen (secondary N) is 1. The summed E-state index contributed by atoms with van der Waals surface area (Å²) in [4.78, 5) is 1.56. The Kier molecular flexibility index (Phi) is 5.73. The summed E-state index contributed by atoms with van der Waals surface area (Å²) in [5, 5.41) is 3.40. The third-order valence-corrected chi connectivity index (χ3v) is 3.39. The van der Waals surface area contributed by atoms with Crippen LogP contribution < -0.4 is 5.32 Å². The zero-order valence-electron chi connectivity index (χ0n) is 10.7. The van der Waals surface area contributed by atoms with E-state index in [-0.39, 0.29) is 6.04 Å². The topological polar surface area (TPSA) is 15.3 Å². The standard InChI is InChI=1S/C12H23F3N2/c1-3-7-16-10-5-6-11(8-10)17(4-2)9-12(13,14)15/h10-11,16H,3-9H2,1-2H3. The molecule has 0 aromatic carbocycles. The molecule has 2 nitrogen and oxygen atoms in total. The van der Waals surface area contributed by atoms with Crippen molar-refractivity contribution in [2.75, 3.05) is 19.6 Å². The van der Waals surface area contributed by atoms with Crippen LogP contribution in [0.5, 0.6) is 0 Å². The van der Waals surface area contributed by atoms with E-state index >= 15 is 0 Å². The van der Waals surface area contributed by atoms with E-state index in [1.165, 1.54) is 0 Å². The maximum absolute atomic E-state index is 12.4. The highest BCUT2D eigenvalue weighted by Gasteiger charge is 2.35. The van der Waals surface area contributed by atoms with Gasteiger partial charge in [-0.25, -0.2) is 0 Å². The minimum absolute atomic E-state index is 0.0935. The summed E-state index contributed by atoms with van der Waals surface area (Å²) in [6.07, 6.45) is -0.277. The molecular weight excluding hydrogens is 229 g/mol. The van der Waals surface area contributed by atoms with E-state index in [2.05, 4.69) is 12.2 Å². The Morgan fingerprint density at radius 2 is 1.94 bits per heavy atom. The van der Waals surface area contributed by atoms with Gasteiger partial charge in [0.25, 0.3) is 0 Å². The molecule has 1 aliphatic rings. The van der Waals surface area contributed by atoms with E-state index in [0.29, 0.717) is 12.6 Å². The van der Waals surface area contributed by atoms with Gasteiger partial charge in [0.05, 0.1) is 6.54 Å². The normalized spacial score (nSPS) is 25.8. The second-order valence-corrected chi connectivity index (χ2v) is 4.80. The minimum Gasteiger partial charge on any atom is -0.314 e. The van der Waals surface area contributed by atoms with Gasteiger partial charge in [-0.15, -0.1) is 0 Å². The van der Waals surface area contributed by atoms with Crippen molar-refractivity contribution in [1.82, 2.24) is 10.2 Å². The third kappa shape index (κ3) is 5.25. The highest BCUT2D eigenvalue weighted by molar-refractivity contribution is 4.87. The zero-order valence-corrected chi connectivity index (χ0v) is 10.7. The molecule has 1 rings (SSSR count). The first kappa shape index (κ1) is 14.8. The molecule has 1 aliphatic carbocycles. The van der Waals surface area contributed by atoms with Crippen LogP contribution >= 0.6 is 0 Å². The van der Waals surface area contributed by atoms with Gasteiger partial charge in [-0.1, -0.05) is 13.8 Å². The summed E-state index contributed by atoms with van der Waals surface area (Å²) in [5.41, 5.74) is 0. The van der Waals surface area contributed by atoms with Crippen molar-refractivity contribution in [1.29, 1.82) is 0 Å². The zero-order chi connectivity index (χ0) is 12.9. The van der Waals surface area contributed by atoms with Crippen LogP contribution in [-0.2, 0) is 0 Å². The number of hydrogen-bond acceptors (Lipinski definition) is 2. The SMILES string of the molecule is CCCNC1CCC(N(CC)CC(F)(F)F)C1. The van der Waals surface area contributed by atoms with Crippen LogP contribution in [0.2, 0.25) is 0 Å². The smallest absolute Gasteiger partial charge is 0.314 e. The highest BCUT2D eigenvalue weighted by atomic mass is 19.4. The predicted octanol–water partition coefficient (Wildman–Crippen LogP) is 2.79. The molecule has 0 spiro atoms. The molecule has 0 aromatic rings. The van der Waals surface area contributed by atoms with Crippen molar-refractivity contribution >= 4 is 0 Å². The summed E-state index contributed by atoms with van der Waals surface area (Å²) >= 11 is 0. The quantitative estimate of drug-likeness (QED) is 0.782. The van der Waals surface area contributed by atoms with Crippen molar-refractivity contribution in [3.05, 3.63) is 0 Å². The lowest BCUT2D eigenvalue weighted by Gasteiger charge is -2.28. The fourth-order valence-corrected chi connectivity index (χ4v) is 2.55. The van der Waals surface area contributed by atoms with Gasteiger partial charge < -0.3 is 5.32 Å². The first-order valence-electron chi connectivity index (χ1n) is 6.50. The molecule has 0 bridgehead atoms. The molecular formula is C12H23F3N2. The average Bonchev–Trinajstić information content (AvgIpc) is 2.70. The van der Waals surface area contributed by atoms with Crippen LogP contribution in [-0.4, -0.2) is 42.8 Å². The maximum Gasteiger partial charge on any atom is 0.401 e. The number of nitrogens with zero attached hydrogens (tertiary/aromatic N) is 1. The third-order valence-electron chi connectivity index (χ3n) is 3.39. The van der Waals surface area contributed by atoms with Crippen LogP contribution in [0.1, 0.15) is 39.5 Å². The molecule has 17 heavy (non-hydrogen) atoms. The van der Waals surface area contributed by atoms with Gasteiger partial charge in [-0.05, 0) is 38.8 Å². The molecule has 5 heteroatoms. The lowest BCUT2D eigenvalue weighted by atomic mass is 10.2. The number of hydrogen-bond donors (Lipinski definition) is 1. The Hall–Kier alpha value is -0.290. The predicted molar refractivity (Wildman–Crippen MR) is 63.0 cm³/mol. The monoisotopic (exact) mass is 252 g/mol. The Balaban J connectivity index is 2.39. The molecule has 0 amide bonds. The largest absolute Gasteiger partial charge is 0.401 e. The van der Waals surface area contributed by atoms with Crippen molar-refractivity contribution in [2.24, 2.45) is 0 Å². The summed E-state index contributed by atoms with van der Waals surface area (Å²) in [7, 11) is 0. The van der Waals surface area contributed by atoms with E-state index < -0.39 is 12.7 Å². The molecule has 1 N–H and O–H groups in total. The Morgan fingerprint density at radius 3 is 2.47 bits per heavy atom. The number of alkyl halides is 3. The van der Waals surface area contributed by atoms with Gasteiger partial charge in [0.1, 0.15) is 0 Å². The molecule has 1 fully saturated rings. The second kappa shape index (κ2) is 6.59. The summed E-state index contributed by atoms with van der Waals surface area (Å²) in [6, 6.07) is 0.498. The molecule has 0 aromatic heterocycles. The van der Waals surface area contributed by atoms with Crippen LogP contribution in [0, 0.1) is 0 Å². The second-order valence-electron chi connectivity index (χ2n) is 4.80. The first-order valence-corrected chi connectivity index (χ1v) is 6.50. The maximum atomic E-state index is 12.4. The molecule has 2 atom stereocenters. The molecule has 0 aliphatic heterocycles. The van der Waals surface area contributed by atoms with Crippen LogP contribution in [0.3, 0.4) is 0 Å². The number of halogens is 3. The van der Waals surface area contributed by atoms with E-state index in [1.807, 2.05) is 0 Å². The minimum atomic E-state index is -4.08. The average molecular weight is 252 g/mol. The van der Waals surface area contributed by atoms with E-state index in [1.54, 1.807) is 11.8 Å². The van der Waals surface area contributed by atoms with Gasteiger partial charge in [-0.3, -0.25) is 4.90 Å². The summed E-state index contributed by atoms with van der Waals surface area (Å²) in [5.74, 6) is 0. The van der Waals surface area contributed by atoms with Crippen molar-refractivity contribution < 1.29 is 13.2 Å². The summed E-state index contributed by atoms with van der Waals surface area (Å²) < 4.78 is 37.2. The lowest BCUT2D eigenvalue weighted by molar-refractivity contribution is -0.150. The van der Waals surface area contributed by atoms with Crippen LogP contribution in [0.4, 0.5) is 13.2 Å². The van der Waals surface area contributed by atoms with Gasteiger partial charge in [-0.2, -0.15) is 13.2 Å². The van der Waals surface area contributed by atoms with Gasteiger partial charge in [0, 0.05) is 12.1 Å². The fourth-order valence-electron chi connectivity index (χ4n) is 2.55. The van der Waals surface area contributed by atoms with E-state index in [4.69, 9.17) is 0 Å². The van der Waals surface area contributed by atoms with Gasteiger partial charge in [0.15, 0.2) is 0 Å². The van der Waals surface area contributed by atoms with Crippen LogP contribution in [0.25, 0.3) is 0 Å². The Labute approximate surface area is 102 Å². The van der Waals surface area contributed by atoms with E-state index in [9.17, 15) is 13.2 Å². The molecule has 0 saturated heterocycles. The van der Waals surface area contributed by atoms with Crippen molar-refractivity contribution in [3.8, 4) is 0 Å².